The zero-order valence-electron chi connectivity index (χ0n) is 6.27. The third kappa shape index (κ3) is 1.50. The van der Waals surface area contributed by atoms with Crippen LogP contribution in [0.25, 0.3) is 0 Å². The fourth-order valence-electron chi connectivity index (χ4n) is 0.807. The van der Waals surface area contributed by atoms with Gasteiger partial charge in [-0.25, -0.2) is 4.39 Å². The predicted molar refractivity (Wildman–Crippen MR) is 50.4 cm³/mol. The van der Waals surface area contributed by atoms with Crippen LogP contribution in [0.15, 0.2) is 12.1 Å². The van der Waals surface area contributed by atoms with E-state index in [1.807, 2.05) is 22.6 Å². The molecule has 4 heteroatoms. The van der Waals surface area contributed by atoms with Crippen LogP contribution in [0, 0.1) is 20.7 Å². The van der Waals surface area contributed by atoms with Crippen molar-refractivity contribution in [1.29, 1.82) is 5.26 Å². The van der Waals surface area contributed by atoms with Crippen molar-refractivity contribution in [2.45, 2.75) is 0 Å². The lowest BCUT2D eigenvalue weighted by atomic mass is 10.2. The third-order valence-corrected chi connectivity index (χ3v) is 2.22. The van der Waals surface area contributed by atoms with Gasteiger partial charge in [0.1, 0.15) is 17.4 Å². The number of methoxy groups -OCH3 is 1. The van der Waals surface area contributed by atoms with Crippen LogP contribution in [0.5, 0.6) is 5.75 Å². The number of nitrogens with zero attached hydrogens (tertiary/aromatic N) is 1. The summed E-state index contributed by atoms with van der Waals surface area (Å²) in [5, 5.41) is 8.58. The number of halogens is 2. The van der Waals surface area contributed by atoms with Gasteiger partial charge >= 0.3 is 0 Å². The SMILES string of the molecule is COc1ccc(I)c(F)c1C#N. The van der Waals surface area contributed by atoms with E-state index in [2.05, 4.69) is 0 Å². The van der Waals surface area contributed by atoms with E-state index in [0.29, 0.717) is 3.57 Å². The van der Waals surface area contributed by atoms with Crippen molar-refractivity contribution >= 4 is 22.6 Å². The van der Waals surface area contributed by atoms with Crippen LogP contribution in [0.2, 0.25) is 0 Å². The van der Waals surface area contributed by atoms with Gasteiger partial charge in [-0.2, -0.15) is 5.26 Å². The third-order valence-electron chi connectivity index (χ3n) is 1.39. The second-order valence-electron chi connectivity index (χ2n) is 2.05. The molecule has 1 aromatic rings. The lowest BCUT2D eigenvalue weighted by molar-refractivity contribution is 0.409. The van der Waals surface area contributed by atoms with Crippen molar-refractivity contribution in [3.63, 3.8) is 0 Å². The van der Waals surface area contributed by atoms with E-state index in [4.69, 9.17) is 10.00 Å². The maximum Gasteiger partial charge on any atom is 0.158 e. The summed E-state index contributed by atoms with van der Waals surface area (Å²) in [5.74, 6) is -0.243. The second-order valence-corrected chi connectivity index (χ2v) is 3.21. The molecule has 0 spiro atoms. The molecule has 0 heterocycles. The molecule has 0 radical (unpaired) electrons. The zero-order chi connectivity index (χ0) is 9.14. The minimum atomic E-state index is -0.516. The monoisotopic (exact) mass is 277 g/mol. The van der Waals surface area contributed by atoms with Gasteiger partial charge in [-0.3, -0.25) is 0 Å². The molecule has 0 saturated carbocycles. The average molecular weight is 277 g/mol. The van der Waals surface area contributed by atoms with Gasteiger partial charge in [0.15, 0.2) is 5.82 Å². The first-order valence-electron chi connectivity index (χ1n) is 3.12. The normalized spacial score (nSPS) is 9.17. The smallest absolute Gasteiger partial charge is 0.158 e. The van der Waals surface area contributed by atoms with Crippen LogP contribution in [-0.4, -0.2) is 7.11 Å². The van der Waals surface area contributed by atoms with Gasteiger partial charge in [0.05, 0.1) is 10.7 Å². The molecule has 2 nitrogen and oxygen atoms in total. The molecule has 0 bridgehead atoms. The van der Waals surface area contributed by atoms with Gasteiger partial charge in [0.2, 0.25) is 0 Å². The van der Waals surface area contributed by atoms with Crippen LogP contribution in [0.3, 0.4) is 0 Å². The summed E-state index contributed by atoms with van der Waals surface area (Å²) in [6.07, 6.45) is 0. The van der Waals surface area contributed by atoms with E-state index in [-0.39, 0.29) is 11.3 Å². The van der Waals surface area contributed by atoms with E-state index in [0.717, 1.165) is 0 Å². The number of hydrogen-bond acceptors (Lipinski definition) is 2. The average Bonchev–Trinajstić information content (AvgIpc) is 2.09. The molecule has 0 aliphatic heterocycles. The number of hydrogen-bond donors (Lipinski definition) is 0. The van der Waals surface area contributed by atoms with Crippen LogP contribution < -0.4 is 4.74 Å². The Labute approximate surface area is 83.1 Å². The van der Waals surface area contributed by atoms with Crippen molar-refractivity contribution < 1.29 is 9.13 Å². The molecule has 0 atom stereocenters. The fourth-order valence-corrected chi connectivity index (χ4v) is 1.26. The van der Waals surface area contributed by atoms with E-state index in [1.54, 1.807) is 18.2 Å². The lowest BCUT2D eigenvalue weighted by Crippen LogP contribution is -1.93. The van der Waals surface area contributed by atoms with Crippen LogP contribution in [0.1, 0.15) is 5.56 Å². The molecule has 1 rings (SSSR count). The van der Waals surface area contributed by atoms with Gasteiger partial charge in [-0.05, 0) is 34.7 Å². The van der Waals surface area contributed by atoms with Crippen molar-refractivity contribution in [1.82, 2.24) is 0 Å². The summed E-state index contributed by atoms with van der Waals surface area (Å²) in [7, 11) is 1.41. The van der Waals surface area contributed by atoms with Gasteiger partial charge in [0, 0.05) is 0 Å². The Kier molecular flexibility index (Phi) is 2.87. The number of nitriles is 1. The Morgan fingerprint density at radius 1 is 1.58 bits per heavy atom. The standard InChI is InChI=1S/C8H5FINO/c1-12-7-3-2-6(10)8(9)5(7)4-11/h2-3H,1H3. The van der Waals surface area contributed by atoms with E-state index in [1.165, 1.54) is 7.11 Å². The summed E-state index contributed by atoms with van der Waals surface area (Å²) >= 11 is 1.82. The molecule has 0 aromatic heterocycles. The molecule has 1 aromatic carbocycles. The molecule has 0 amide bonds. The van der Waals surface area contributed by atoms with E-state index >= 15 is 0 Å². The number of ether oxygens (including phenoxy) is 1. The van der Waals surface area contributed by atoms with Gasteiger partial charge < -0.3 is 4.74 Å². The molecule has 0 aliphatic rings. The Morgan fingerprint density at radius 3 is 2.75 bits per heavy atom. The van der Waals surface area contributed by atoms with Crippen molar-refractivity contribution in [3.8, 4) is 11.8 Å². The number of benzene rings is 1. The molecular weight excluding hydrogens is 272 g/mol. The first-order valence-corrected chi connectivity index (χ1v) is 4.20. The zero-order valence-corrected chi connectivity index (χ0v) is 8.42. The van der Waals surface area contributed by atoms with E-state index in [9.17, 15) is 4.39 Å². The minimum Gasteiger partial charge on any atom is -0.495 e. The topological polar surface area (TPSA) is 33.0 Å². The molecule has 0 saturated heterocycles. The Balaban J connectivity index is 3.38. The summed E-state index contributed by atoms with van der Waals surface area (Å²) in [4.78, 5) is 0. The summed E-state index contributed by atoms with van der Waals surface area (Å²) in [6, 6.07) is 4.89. The molecule has 12 heavy (non-hydrogen) atoms. The molecule has 0 fully saturated rings. The highest BCUT2D eigenvalue weighted by molar-refractivity contribution is 14.1. The first-order chi connectivity index (χ1) is 5.70. The molecule has 0 aliphatic carbocycles. The first kappa shape index (κ1) is 9.26. The quantitative estimate of drug-likeness (QED) is 0.738. The minimum absolute atomic E-state index is 0.0376. The van der Waals surface area contributed by atoms with E-state index < -0.39 is 5.82 Å². The van der Waals surface area contributed by atoms with Gasteiger partial charge in [-0.1, -0.05) is 0 Å². The highest BCUT2D eigenvalue weighted by Crippen LogP contribution is 2.23. The summed E-state index contributed by atoms with van der Waals surface area (Å²) < 4.78 is 18.4. The highest BCUT2D eigenvalue weighted by atomic mass is 127. The Morgan fingerprint density at radius 2 is 2.25 bits per heavy atom. The maximum atomic E-state index is 13.1. The maximum absolute atomic E-state index is 13.1. The lowest BCUT2D eigenvalue weighted by Gasteiger charge is -2.03. The van der Waals surface area contributed by atoms with Gasteiger partial charge in [0.25, 0.3) is 0 Å². The van der Waals surface area contributed by atoms with Crippen molar-refractivity contribution in [3.05, 3.63) is 27.1 Å². The highest BCUT2D eigenvalue weighted by Gasteiger charge is 2.11. The Hall–Kier alpha value is -0.830. The van der Waals surface area contributed by atoms with Gasteiger partial charge in [-0.15, -0.1) is 0 Å². The van der Waals surface area contributed by atoms with Crippen LogP contribution >= 0.6 is 22.6 Å². The molecule has 0 N–H and O–H groups in total. The van der Waals surface area contributed by atoms with Crippen molar-refractivity contribution in [2.75, 3.05) is 7.11 Å². The second kappa shape index (κ2) is 3.72. The predicted octanol–water partition coefficient (Wildman–Crippen LogP) is 2.31. The summed E-state index contributed by atoms with van der Waals surface area (Å²) in [6.45, 7) is 0. The van der Waals surface area contributed by atoms with Crippen LogP contribution in [-0.2, 0) is 0 Å². The molecule has 0 unspecified atom stereocenters. The molecular formula is C8H5FINO. The summed E-state index contributed by atoms with van der Waals surface area (Å²) in [5.41, 5.74) is -0.0376. The Bertz CT molecular complexity index is 346. The largest absolute Gasteiger partial charge is 0.495 e. The van der Waals surface area contributed by atoms with Crippen molar-refractivity contribution in [2.24, 2.45) is 0 Å². The molecule has 62 valence electrons. The fraction of sp³-hybridized carbons (Fsp3) is 0.125. The van der Waals surface area contributed by atoms with Crippen LogP contribution in [0.4, 0.5) is 4.39 Å². The number of rotatable bonds is 1.